The van der Waals surface area contributed by atoms with E-state index in [2.05, 4.69) is 20.4 Å². The second-order valence-corrected chi connectivity index (χ2v) is 3.10. The van der Waals surface area contributed by atoms with E-state index in [1.165, 1.54) is 6.33 Å². The first-order valence-corrected chi connectivity index (χ1v) is 4.27. The molecule has 0 unspecified atom stereocenters. The highest BCUT2D eigenvalue weighted by molar-refractivity contribution is 5.83. The third-order valence-electron chi connectivity index (χ3n) is 1.98. The molecule has 0 saturated heterocycles. The molecule has 6 nitrogen and oxygen atoms in total. The van der Waals surface area contributed by atoms with Gasteiger partial charge < -0.3 is 10.3 Å². The first-order valence-electron chi connectivity index (χ1n) is 4.27. The maximum absolute atomic E-state index is 4.24. The molecule has 0 bridgehead atoms. The third kappa shape index (κ3) is 1.15. The van der Waals surface area contributed by atoms with E-state index in [1.54, 1.807) is 11.0 Å². The molecular weight excluding hydrogens is 180 g/mol. The van der Waals surface area contributed by atoms with Crippen LogP contribution in [0.4, 0.5) is 5.82 Å². The second kappa shape index (κ2) is 3.13. The lowest BCUT2D eigenvalue weighted by atomic mass is 10.5. The van der Waals surface area contributed by atoms with Crippen molar-refractivity contribution in [2.24, 2.45) is 0 Å². The summed E-state index contributed by atoms with van der Waals surface area (Å²) in [6.07, 6.45) is 3.22. The van der Waals surface area contributed by atoms with Gasteiger partial charge in [-0.05, 0) is 0 Å². The Labute approximate surface area is 81.6 Å². The van der Waals surface area contributed by atoms with Gasteiger partial charge in [-0.1, -0.05) is 0 Å². The lowest BCUT2D eigenvalue weighted by molar-refractivity contribution is 0.936. The van der Waals surface area contributed by atoms with E-state index < -0.39 is 0 Å². The van der Waals surface area contributed by atoms with Gasteiger partial charge >= 0.3 is 0 Å². The van der Waals surface area contributed by atoms with E-state index in [0.717, 1.165) is 17.0 Å². The van der Waals surface area contributed by atoms with Crippen LogP contribution in [-0.4, -0.2) is 40.8 Å². The first-order chi connectivity index (χ1) is 6.74. The van der Waals surface area contributed by atoms with Gasteiger partial charge in [0.1, 0.15) is 12.7 Å². The summed E-state index contributed by atoms with van der Waals surface area (Å²) in [4.78, 5) is 14.5. The molecule has 14 heavy (non-hydrogen) atoms. The van der Waals surface area contributed by atoms with Crippen LogP contribution in [0.15, 0.2) is 12.7 Å². The fraction of sp³-hybridized carbons (Fsp3) is 0.375. The fourth-order valence-corrected chi connectivity index (χ4v) is 1.31. The Hall–Kier alpha value is -1.85. The number of anilines is 1. The van der Waals surface area contributed by atoms with Gasteiger partial charge in [-0.2, -0.15) is 0 Å². The van der Waals surface area contributed by atoms with E-state index in [-0.39, 0.29) is 0 Å². The van der Waals surface area contributed by atoms with Crippen LogP contribution in [0, 0.1) is 0 Å². The Morgan fingerprint density at radius 3 is 2.71 bits per heavy atom. The Kier molecular flexibility index (Phi) is 1.95. The number of nitrogens with one attached hydrogen (secondary N) is 1. The highest BCUT2D eigenvalue weighted by Crippen LogP contribution is 2.17. The summed E-state index contributed by atoms with van der Waals surface area (Å²) in [7, 11) is 5.68. The van der Waals surface area contributed by atoms with Crippen LogP contribution in [0.5, 0.6) is 0 Å². The number of aromatic nitrogens is 4. The molecule has 2 rings (SSSR count). The minimum Gasteiger partial charge on any atom is -0.361 e. The molecule has 2 heterocycles. The topological polar surface area (TPSA) is 58.9 Å². The molecule has 0 spiro atoms. The summed E-state index contributed by atoms with van der Waals surface area (Å²) in [5.74, 6) is 0.823. The van der Waals surface area contributed by atoms with E-state index in [0.29, 0.717) is 0 Å². The number of imidazole rings is 1. The van der Waals surface area contributed by atoms with Gasteiger partial charge in [-0.3, -0.25) is 0 Å². The van der Waals surface area contributed by atoms with Crippen molar-refractivity contribution in [1.82, 2.24) is 19.6 Å². The molecule has 0 amide bonds. The molecule has 0 atom stereocenters. The number of hydrogen-bond donors (Lipinski definition) is 1. The lowest BCUT2D eigenvalue weighted by Gasteiger charge is -2.10. The summed E-state index contributed by atoms with van der Waals surface area (Å²) in [5.41, 5.74) is 4.54. The predicted octanol–water partition coefficient (Wildman–Crippen LogP) is 0.0656. The van der Waals surface area contributed by atoms with Crippen LogP contribution < -0.4 is 10.3 Å². The minimum absolute atomic E-state index is 0.784. The van der Waals surface area contributed by atoms with Crippen LogP contribution in [0.1, 0.15) is 0 Å². The summed E-state index contributed by atoms with van der Waals surface area (Å²) in [6, 6.07) is 0. The first kappa shape index (κ1) is 8.74. The van der Waals surface area contributed by atoms with Crippen molar-refractivity contribution in [2.75, 3.05) is 31.5 Å². The van der Waals surface area contributed by atoms with Gasteiger partial charge in [0.25, 0.3) is 0 Å². The van der Waals surface area contributed by atoms with E-state index in [1.807, 2.05) is 26.0 Å². The van der Waals surface area contributed by atoms with Crippen LogP contribution in [0.25, 0.3) is 11.2 Å². The van der Waals surface area contributed by atoms with Crippen LogP contribution in [-0.2, 0) is 0 Å². The summed E-state index contributed by atoms with van der Waals surface area (Å²) >= 11 is 0. The quantitative estimate of drug-likeness (QED) is 0.729. The molecule has 0 aliphatic carbocycles. The normalized spacial score (nSPS) is 10.5. The molecule has 1 N–H and O–H groups in total. The Bertz CT molecular complexity index is 446. The van der Waals surface area contributed by atoms with Crippen molar-refractivity contribution in [3.63, 3.8) is 0 Å². The van der Waals surface area contributed by atoms with Crippen LogP contribution in [0.3, 0.4) is 0 Å². The molecule has 6 heteroatoms. The lowest BCUT2D eigenvalue weighted by Crippen LogP contribution is -2.12. The molecule has 0 aliphatic heterocycles. The summed E-state index contributed by atoms with van der Waals surface area (Å²) in [5, 5.41) is 0. The fourth-order valence-electron chi connectivity index (χ4n) is 1.31. The largest absolute Gasteiger partial charge is 0.361 e. The zero-order valence-electron chi connectivity index (χ0n) is 8.39. The summed E-state index contributed by atoms with van der Waals surface area (Å²) in [6.45, 7) is 0. The predicted molar refractivity (Wildman–Crippen MR) is 54.9 cm³/mol. The maximum Gasteiger partial charge on any atom is 0.184 e. The van der Waals surface area contributed by atoms with Gasteiger partial charge in [0.2, 0.25) is 0 Å². The molecule has 0 radical (unpaired) electrons. The molecule has 0 saturated carbocycles. The SMILES string of the molecule is CNn1cnc2c(N(C)C)ncnc21. The summed E-state index contributed by atoms with van der Waals surface area (Å²) < 4.78 is 1.75. The van der Waals surface area contributed by atoms with Crippen molar-refractivity contribution in [3.8, 4) is 0 Å². The molecule has 0 aliphatic rings. The molecular formula is C8H12N6. The zero-order valence-corrected chi connectivity index (χ0v) is 8.39. The molecule has 2 aromatic rings. The standard InChI is InChI=1S/C8H12N6/c1-9-14-5-12-6-7(13(2)3)10-4-11-8(6)14/h4-5,9H,1-3H3. The Morgan fingerprint density at radius 1 is 1.29 bits per heavy atom. The monoisotopic (exact) mass is 192 g/mol. The number of nitrogens with zero attached hydrogens (tertiary/aromatic N) is 5. The van der Waals surface area contributed by atoms with Crippen molar-refractivity contribution in [2.45, 2.75) is 0 Å². The average molecular weight is 192 g/mol. The molecule has 0 aromatic carbocycles. The van der Waals surface area contributed by atoms with E-state index in [9.17, 15) is 0 Å². The van der Waals surface area contributed by atoms with Crippen molar-refractivity contribution < 1.29 is 0 Å². The second-order valence-electron chi connectivity index (χ2n) is 3.10. The van der Waals surface area contributed by atoms with Gasteiger partial charge in [0.15, 0.2) is 17.0 Å². The van der Waals surface area contributed by atoms with E-state index >= 15 is 0 Å². The molecule has 74 valence electrons. The van der Waals surface area contributed by atoms with Gasteiger partial charge in [0.05, 0.1) is 0 Å². The number of hydrogen-bond acceptors (Lipinski definition) is 5. The van der Waals surface area contributed by atoms with Gasteiger partial charge in [-0.25, -0.2) is 19.6 Å². The van der Waals surface area contributed by atoms with Crippen molar-refractivity contribution >= 4 is 17.0 Å². The van der Waals surface area contributed by atoms with E-state index in [4.69, 9.17) is 0 Å². The van der Waals surface area contributed by atoms with Gasteiger partial charge in [0, 0.05) is 21.1 Å². The van der Waals surface area contributed by atoms with Crippen LogP contribution in [0.2, 0.25) is 0 Å². The average Bonchev–Trinajstić information content (AvgIpc) is 2.59. The van der Waals surface area contributed by atoms with Crippen molar-refractivity contribution in [3.05, 3.63) is 12.7 Å². The van der Waals surface area contributed by atoms with Crippen LogP contribution >= 0.6 is 0 Å². The van der Waals surface area contributed by atoms with Crippen molar-refractivity contribution in [1.29, 1.82) is 0 Å². The molecule has 2 aromatic heterocycles. The minimum atomic E-state index is 0.784. The Balaban J connectivity index is 2.70. The molecule has 0 fully saturated rings. The van der Waals surface area contributed by atoms with Gasteiger partial charge in [-0.15, -0.1) is 0 Å². The zero-order chi connectivity index (χ0) is 10.1. The highest BCUT2D eigenvalue weighted by atomic mass is 15.4. The highest BCUT2D eigenvalue weighted by Gasteiger charge is 2.09. The number of fused-ring (bicyclic) bond motifs is 1. The third-order valence-corrected chi connectivity index (χ3v) is 1.98. The maximum atomic E-state index is 4.24. The number of rotatable bonds is 2. The Morgan fingerprint density at radius 2 is 2.07 bits per heavy atom. The smallest absolute Gasteiger partial charge is 0.184 e.